The van der Waals surface area contributed by atoms with Crippen LogP contribution in [0.2, 0.25) is 0 Å². The van der Waals surface area contributed by atoms with Crippen molar-refractivity contribution < 1.29 is 26.3 Å². The summed E-state index contributed by atoms with van der Waals surface area (Å²) in [4.78, 5) is 0. The lowest BCUT2D eigenvalue weighted by atomic mass is 9.88. The molecule has 2 radical (unpaired) electrons. The van der Waals surface area contributed by atoms with Gasteiger partial charge in [-0.3, -0.25) is 0 Å². The highest BCUT2D eigenvalue weighted by molar-refractivity contribution is 6.33. The first-order valence-electron chi connectivity index (χ1n) is 5.75. The number of rotatable bonds is 1. The number of halogens is 6. The summed E-state index contributed by atoms with van der Waals surface area (Å²) in [6, 6.07) is 0.908. The topological polar surface area (TPSA) is 0 Å². The summed E-state index contributed by atoms with van der Waals surface area (Å²) in [5, 5.41) is 0. The van der Waals surface area contributed by atoms with Crippen LogP contribution >= 0.6 is 0 Å². The van der Waals surface area contributed by atoms with Crippen LogP contribution in [0.4, 0.5) is 26.3 Å². The SMILES string of the molecule is [B]c1cc(C)c(F)c(-c2c(F)c(F)c(C)c(F)c2F)c1F. The fourth-order valence-electron chi connectivity index (χ4n) is 1.98. The lowest BCUT2D eigenvalue weighted by molar-refractivity contribution is 0.447. The van der Waals surface area contributed by atoms with Gasteiger partial charge in [0.25, 0.3) is 0 Å². The van der Waals surface area contributed by atoms with Gasteiger partial charge in [-0.25, -0.2) is 26.3 Å². The highest BCUT2D eigenvalue weighted by Gasteiger charge is 2.29. The molecule has 0 amide bonds. The predicted molar refractivity (Wildman–Crippen MR) is 66.5 cm³/mol. The number of aryl methyl sites for hydroxylation is 1. The summed E-state index contributed by atoms with van der Waals surface area (Å²) in [5.74, 6) is -10.0. The molecule has 0 spiro atoms. The Hall–Kier alpha value is -1.92. The molecule has 0 aliphatic rings. The third-order valence-corrected chi connectivity index (χ3v) is 3.14. The molecule has 0 heterocycles. The van der Waals surface area contributed by atoms with Crippen molar-refractivity contribution in [2.24, 2.45) is 0 Å². The van der Waals surface area contributed by atoms with E-state index in [4.69, 9.17) is 7.85 Å². The average molecular weight is 300 g/mol. The summed E-state index contributed by atoms with van der Waals surface area (Å²) in [7, 11) is 5.26. The molecule has 0 saturated carbocycles. The zero-order valence-corrected chi connectivity index (χ0v) is 10.9. The third-order valence-electron chi connectivity index (χ3n) is 3.14. The number of hydrogen-bond acceptors (Lipinski definition) is 0. The van der Waals surface area contributed by atoms with Gasteiger partial charge in [0.05, 0.1) is 11.1 Å². The molecule has 0 N–H and O–H groups in total. The van der Waals surface area contributed by atoms with Crippen molar-refractivity contribution in [3.63, 3.8) is 0 Å². The van der Waals surface area contributed by atoms with Crippen LogP contribution in [0, 0.1) is 48.8 Å². The second kappa shape index (κ2) is 5.13. The Morgan fingerprint density at radius 2 is 1.10 bits per heavy atom. The van der Waals surface area contributed by atoms with E-state index < -0.39 is 57.1 Å². The molecular formula is C14H7BF6. The lowest BCUT2D eigenvalue weighted by Gasteiger charge is -2.14. The highest BCUT2D eigenvalue weighted by atomic mass is 19.2. The molecule has 2 aromatic carbocycles. The van der Waals surface area contributed by atoms with E-state index in [0.29, 0.717) is 0 Å². The zero-order chi connectivity index (χ0) is 16.1. The van der Waals surface area contributed by atoms with E-state index in [9.17, 15) is 26.3 Å². The van der Waals surface area contributed by atoms with E-state index in [1.807, 2.05) is 0 Å². The monoisotopic (exact) mass is 300 g/mol. The maximum atomic E-state index is 14.0. The van der Waals surface area contributed by atoms with Crippen molar-refractivity contribution in [2.75, 3.05) is 0 Å². The summed E-state index contributed by atoms with van der Waals surface area (Å²) in [5.41, 5.74) is -4.43. The fourth-order valence-corrected chi connectivity index (χ4v) is 1.98. The summed E-state index contributed by atoms with van der Waals surface area (Å²) >= 11 is 0. The van der Waals surface area contributed by atoms with E-state index in [0.717, 1.165) is 13.0 Å². The minimum atomic E-state index is -1.88. The maximum Gasteiger partial charge on any atom is 0.170 e. The molecule has 0 bridgehead atoms. The molecule has 0 unspecified atom stereocenters. The molecule has 0 aromatic heterocycles. The molecule has 0 atom stereocenters. The Balaban J connectivity index is 3.00. The molecule has 0 aliphatic carbocycles. The number of benzene rings is 2. The molecule has 0 aliphatic heterocycles. The van der Waals surface area contributed by atoms with Crippen LogP contribution in [-0.2, 0) is 0 Å². The van der Waals surface area contributed by atoms with Crippen LogP contribution in [0.1, 0.15) is 11.1 Å². The first-order chi connectivity index (χ1) is 9.68. The lowest BCUT2D eigenvalue weighted by Crippen LogP contribution is -2.15. The molecule has 21 heavy (non-hydrogen) atoms. The van der Waals surface area contributed by atoms with Gasteiger partial charge >= 0.3 is 0 Å². The van der Waals surface area contributed by atoms with Crippen LogP contribution in [-0.4, -0.2) is 7.85 Å². The van der Waals surface area contributed by atoms with Crippen molar-refractivity contribution in [1.82, 2.24) is 0 Å². The fraction of sp³-hybridized carbons (Fsp3) is 0.143. The standard InChI is InChI=1S/C14H7BF6/c1-4-3-6(15)12(19)7(9(4)16)8-13(20)10(17)5(2)11(18)14(8)21/h3H,1-2H3. The minimum absolute atomic E-state index is 0.218. The predicted octanol–water partition coefficient (Wildman–Crippen LogP) is 3.60. The summed E-state index contributed by atoms with van der Waals surface area (Å²) in [6.07, 6.45) is 0. The van der Waals surface area contributed by atoms with Crippen molar-refractivity contribution >= 4 is 13.3 Å². The smallest absolute Gasteiger partial charge is 0.170 e. The molecule has 108 valence electrons. The van der Waals surface area contributed by atoms with E-state index in [1.54, 1.807) is 0 Å². The molecule has 0 fully saturated rings. The Morgan fingerprint density at radius 1 is 0.667 bits per heavy atom. The average Bonchev–Trinajstić information content (AvgIpc) is 2.44. The summed E-state index contributed by atoms with van der Waals surface area (Å²) in [6.45, 7) is 1.98. The van der Waals surface area contributed by atoms with Gasteiger partial charge in [0.2, 0.25) is 0 Å². The van der Waals surface area contributed by atoms with Crippen LogP contribution in [0.15, 0.2) is 6.07 Å². The first-order valence-corrected chi connectivity index (χ1v) is 5.75. The Labute approximate surface area is 117 Å². The van der Waals surface area contributed by atoms with E-state index in [-0.39, 0.29) is 5.56 Å². The Morgan fingerprint density at radius 3 is 1.57 bits per heavy atom. The molecular weight excluding hydrogens is 293 g/mol. The summed E-state index contributed by atoms with van der Waals surface area (Å²) < 4.78 is 82.6. The molecule has 0 saturated heterocycles. The normalized spacial score (nSPS) is 11.0. The van der Waals surface area contributed by atoms with Gasteiger partial charge in [0.1, 0.15) is 19.5 Å². The van der Waals surface area contributed by atoms with Crippen molar-refractivity contribution in [3.8, 4) is 11.1 Å². The molecule has 2 aromatic rings. The quantitative estimate of drug-likeness (QED) is 0.429. The number of hydrogen-bond donors (Lipinski definition) is 0. The van der Waals surface area contributed by atoms with Crippen LogP contribution in [0.25, 0.3) is 11.1 Å². The van der Waals surface area contributed by atoms with Crippen molar-refractivity contribution in [3.05, 3.63) is 52.1 Å². The second-order valence-electron chi connectivity index (χ2n) is 4.54. The van der Waals surface area contributed by atoms with Gasteiger partial charge in [0, 0.05) is 5.56 Å². The van der Waals surface area contributed by atoms with Crippen LogP contribution in [0.3, 0.4) is 0 Å². The highest BCUT2D eigenvalue weighted by Crippen LogP contribution is 2.35. The minimum Gasteiger partial charge on any atom is -0.207 e. The second-order valence-corrected chi connectivity index (χ2v) is 4.54. The van der Waals surface area contributed by atoms with E-state index in [1.165, 1.54) is 6.92 Å². The van der Waals surface area contributed by atoms with E-state index in [2.05, 4.69) is 0 Å². The van der Waals surface area contributed by atoms with Crippen LogP contribution in [0.5, 0.6) is 0 Å². The molecule has 7 heteroatoms. The first kappa shape index (κ1) is 15.5. The maximum absolute atomic E-state index is 14.0. The van der Waals surface area contributed by atoms with Gasteiger partial charge in [-0.15, -0.1) is 0 Å². The van der Waals surface area contributed by atoms with Gasteiger partial charge in [-0.05, 0) is 19.4 Å². The van der Waals surface area contributed by atoms with Gasteiger partial charge in [-0.1, -0.05) is 11.5 Å². The van der Waals surface area contributed by atoms with Gasteiger partial charge in [0.15, 0.2) is 23.3 Å². The largest absolute Gasteiger partial charge is 0.207 e. The van der Waals surface area contributed by atoms with Crippen LogP contribution < -0.4 is 5.46 Å². The molecule has 2 rings (SSSR count). The van der Waals surface area contributed by atoms with E-state index >= 15 is 0 Å². The Bertz CT molecular complexity index is 699. The van der Waals surface area contributed by atoms with Gasteiger partial charge < -0.3 is 0 Å². The third kappa shape index (κ3) is 2.20. The van der Waals surface area contributed by atoms with Crippen molar-refractivity contribution in [2.45, 2.75) is 13.8 Å². The molecule has 0 nitrogen and oxygen atoms in total. The van der Waals surface area contributed by atoms with Gasteiger partial charge in [-0.2, -0.15) is 0 Å². The van der Waals surface area contributed by atoms with Crippen molar-refractivity contribution in [1.29, 1.82) is 0 Å². The Kier molecular flexibility index (Phi) is 3.78. The zero-order valence-electron chi connectivity index (χ0n) is 10.9.